The van der Waals surface area contributed by atoms with E-state index in [-0.39, 0.29) is 11.2 Å². The molecule has 0 aliphatic heterocycles. The van der Waals surface area contributed by atoms with Gasteiger partial charge in [0.25, 0.3) is 0 Å². The van der Waals surface area contributed by atoms with E-state index in [1.165, 1.54) is 28.7 Å². The van der Waals surface area contributed by atoms with Crippen LogP contribution in [0.4, 0.5) is 5.00 Å². The van der Waals surface area contributed by atoms with Gasteiger partial charge in [-0.05, 0) is 69.9 Å². The highest BCUT2D eigenvalue weighted by molar-refractivity contribution is 8.00. The van der Waals surface area contributed by atoms with Crippen LogP contribution in [0.15, 0.2) is 23.2 Å². The number of nitrogens with one attached hydrogen (secondary N) is 1. The minimum absolute atomic E-state index is 0.0876. The van der Waals surface area contributed by atoms with Crippen molar-refractivity contribution in [2.24, 2.45) is 0 Å². The molecule has 0 saturated carbocycles. The second-order valence-electron chi connectivity index (χ2n) is 7.36. The number of amides is 1. The topological polar surface area (TPSA) is 65.8 Å². The lowest BCUT2D eigenvalue weighted by atomic mass is 10.0. The van der Waals surface area contributed by atoms with Crippen molar-refractivity contribution < 1.29 is 4.79 Å². The Kier molecular flexibility index (Phi) is 6.30. The molecule has 1 atom stereocenters. The van der Waals surface area contributed by atoms with Crippen molar-refractivity contribution >= 4 is 44.9 Å². The van der Waals surface area contributed by atoms with Gasteiger partial charge in [-0.3, -0.25) is 4.79 Å². The van der Waals surface area contributed by atoms with Crippen molar-refractivity contribution in [1.29, 1.82) is 5.26 Å². The lowest BCUT2D eigenvalue weighted by Crippen LogP contribution is -2.24. The van der Waals surface area contributed by atoms with Gasteiger partial charge in [0, 0.05) is 10.3 Å². The Morgan fingerprint density at radius 3 is 2.59 bits per heavy atom. The van der Waals surface area contributed by atoms with Crippen LogP contribution in [-0.2, 0) is 4.79 Å². The van der Waals surface area contributed by atoms with Crippen molar-refractivity contribution in [3.63, 3.8) is 0 Å². The average Bonchev–Trinajstić information content (AvgIpc) is 2.93. The van der Waals surface area contributed by atoms with Gasteiger partial charge in [-0.1, -0.05) is 30.3 Å². The fraction of sp³-hybridized carbons (Fsp3) is 0.348. The quantitative estimate of drug-likeness (QED) is 0.495. The lowest BCUT2D eigenvalue weighted by Gasteiger charge is -2.15. The van der Waals surface area contributed by atoms with Crippen LogP contribution in [0.2, 0.25) is 0 Å². The Balaban J connectivity index is 1.87. The van der Waals surface area contributed by atoms with E-state index in [0.717, 1.165) is 37.5 Å². The number of carbonyl (C=O) groups excluding carboxylic acids is 1. The van der Waals surface area contributed by atoms with Crippen LogP contribution in [0.25, 0.3) is 10.9 Å². The van der Waals surface area contributed by atoms with Crippen LogP contribution in [-0.4, -0.2) is 16.1 Å². The Labute approximate surface area is 180 Å². The number of thiophene rings is 1. The van der Waals surface area contributed by atoms with Crippen LogP contribution < -0.4 is 5.32 Å². The molecular weight excluding hydrogens is 398 g/mol. The maximum Gasteiger partial charge on any atom is 0.238 e. The summed E-state index contributed by atoms with van der Waals surface area (Å²) in [5.74, 6) is -0.0876. The molecular formula is C23H25N3OS2. The number of benzene rings is 1. The first-order valence-electron chi connectivity index (χ1n) is 9.61. The van der Waals surface area contributed by atoms with Crippen molar-refractivity contribution in [1.82, 2.24) is 4.98 Å². The smallest absolute Gasteiger partial charge is 0.238 e. The summed E-state index contributed by atoms with van der Waals surface area (Å²) in [7, 11) is 0. The number of fused-ring (bicyclic) bond motifs is 1. The number of aromatic nitrogens is 1. The second-order valence-corrected chi connectivity index (χ2v) is 9.81. The van der Waals surface area contributed by atoms with Crippen molar-refractivity contribution in [2.45, 2.75) is 58.2 Å². The zero-order chi connectivity index (χ0) is 21.3. The van der Waals surface area contributed by atoms with Gasteiger partial charge in [0.05, 0.1) is 21.4 Å². The van der Waals surface area contributed by atoms with Gasteiger partial charge >= 0.3 is 0 Å². The molecule has 4 nitrogen and oxygen atoms in total. The molecule has 0 spiro atoms. The van der Waals surface area contributed by atoms with Crippen molar-refractivity contribution in [2.75, 3.05) is 5.32 Å². The number of anilines is 1. The van der Waals surface area contributed by atoms with E-state index in [1.54, 1.807) is 0 Å². The maximum atomic E-state index is 12.9. The normalized spacial score (nSPS) is 12.0. The number of nitrogens with zero attached hydrogens (tertiary/aromatic N) is 2. The monoisotopic (exact) mass is 423 g/mol. The van der Waals surface area contributed by atoms with E-state index >= 15 is 0 Å². The van der Waals surface area contributed by atoms with Gasteiger partial charge in [-0.25, -0.2) is 4.98 Å². The van der Waals surface area contributed by atoms with Gasteiger partial charge in [-0.2, -0.15) is 5.26 Å². The number of hydrogen-bond acceptors (Lipinski definition) is 5. The molecule has 2 aromatic heterocycles. The van der Waals surface area contributed by atoms with Crippen LogP contribution in [0.1, 0.15) is 46.0 Å². The zero-order valence-corrected chi connectivity index (χ0v) is 19.3. The molecule has 6 heteroatoms. The van der Waals surface area contributed by atoms with Crippen molar-refractivity contribution in [3.8, 4) is 6.07 Å². The summed E-state index contributed by atoms with van der Waals surface area (Å²) in [5, 5.41) is 14.8. The minimum Gasteiger partial charge on any atom is -0.316 e. The molecule has 0 aliphatic carbocycles. The van der Waals surface area contributed by atoms with Gasteiger partial charge in [0.1, 0.15) is 11.1 Å². The van der Waals surface area contributed by atoms with Gasteiger partial charge < -0.3 is 5.32 Å². The Morgan fingerprint density at radius 2 is 1.93 bits per heavy atom. The molecule has 29 heavy (non-hydrogen) atoms. The Bertz CT molecular complexity index is 1140. The third-order valence-electron chi connectivity index (χ3n) is 5.09. The number of rotatable bonds is 5. The highest BCUT2D eigenvalue weighted by Crippen LogP contribution is 2.34. The fourth-order valence-corrected chi connectivity index (χ4v) is 5.41. The summed E-state index contributed by atoms with van der Waals surface area (Å²) < 4.78 is 0. The van der Waals surface area contributed by atoms with Gasteiger partial charge in [0.2, 0.25) is 5.91 Å². The Hall–Kier alpha value is -2.36. The molecule has 2 heterocycles. The largest absolute Gasteiger partial charge is 0.316 e. The number of carbonyl (C=O) groups is 1. The molecule has 3 aromatic rings. The zero-order valence-electron chi connectivity index (χ0n) is 17.6. The molecule has 3 rings (SSSR count). The summed E-state index contributed by atoms with van der Waals surface area (Å²) in [4.78, 5) is 18.8. The van der Waals surface area contributed by atoms with Crippen LogP contribution in [0, 0.1) is 45.9 Å². The fourth-order valence-electron chi connectivity index (χ4n) is 3.38. The highest BCUT2D eigenvalue weighted by Gasteiger charge is 2.22. The van der Waals surface area contributed by atoms with Crippen molar-refractivity contribution in [3.05, 3.63) is 50.9 Å². The maximum absolute atomic E-state index is 12.9. The lowest BCUT2D eigenvalue weighted by molar-refractivity contribution is -0.115. The first-order chi connectivity index (χ1) is 13.7. The van der Waals surface area contributed by atoms with Crippen LogP contribution in [0.3, 0.4) is 0 Å². The minimum atomic E-state index is -0.278. The van der Waals surface area contributed by atoms with Crippen LogP contribution >= 0.6 is 23.1 Å². The van der Waals surface area contributed by atoms with E-state index in [0.29, 0.717) is 17.0 Å². The van der Waals surface area contributed by atoms with E-state index < -0.39 is 0 Å². The molecule has 0 bridgehead atoms. The average molecular weight is 424 g/mol. The summed E-state index contributed by atoms with van der Waals surface area (Å²) in [6.07, 6.45) is 0.674. The van der Waals surface area contributed by atoms with Crippen LogP contribution in [0.5, 0.6) is 0 Å². The molecule has 0 fully saturated rings. The number of nitriles is 1. The SMILES string of the molecule is CCC(Sc1cc(C)c2cc(C)cc(C)c2n1)C(=O)Nc1sc(C)c(C)c1C#N. The van der Waals surface area contributed by atoms with E-state index in [4.69, 9.17) is 4.98 Å². The highest BCUT2D eigenvalue weighted by atomic mass is 32.2. The summed E-state index contributed by atoms with van der Waals surface area (Å²) in [6.45, 7) is 12.1. The van der Waals surface area contributed by atoms with E-state index in [1.807, 2.05) is 20.8 Å². The number of hydrogen-bond donors (Lipinski definition) is 1. The standard InChI is InChI=1S/C23H25N3OS2/c1-7-19(22(27)26-23-18(11-24)15(5)16(6)28-23)29-20-10-13(3)17-9-12(2)8-14(4)21(17)25-20/h8-10,19H,7H2,1-6H3,(H,26,27). The van der Waals surface area contributed by atoms with Gasteiger partial charge in [0.15, 0.2) is 0 Å². The van der Waals surface area contributed by atoms with E-state index in [2.05, 4.69) is 50.4 Å². The summed E-state index contributed by atoms with van der Waals surface area (Å²) in [5.41, 5.74) is 6.02. The first kappa shape index (κ1) is 21.4. The third-order valence-corrected chi connectivity index (χ3v) is 7.50. The predicted molar refractivity (Wildman–Crippen MR) is 123 cm³/mol. The number of aryl methyl sites for hydroxylation is 4. The molecule has 1 amide bonds. The molecule has 1 unspecified atom stereocenters. The second kappa shape index (κ2) is 8.56. The molecule has 0 saturated heterocycles. The molecule has 150 valence electrons. The predicted octanol–water partition coefficient (Wildman–Crippen LogP) is 6.22. The number of pyridine rings is 1. The van der Waals surface area contributed by atoms with Gasteiger partial charge in [-0.15, -0.1) is 11.3 Å². The number of thioether (sulfide) groups is 1. The molecule has 0 aliphatic rings. The summed E-state index contributed by atoms with van der Waals surface area (Å²) in [6, 6.07) is 8.57. The molecule has 0 radical (unpaired) electrons. The molecule has 1 N–H and O–H groups in total. The first-order valence-corrected chi connectivity index (χ1v) is 11.3. The Morgan fingerprint density at radius 1 is 1.21 bits per heavy atom. The third kappa shape index (κ3) is 4.31. The molecule has 1 aromatic carbocycles. The van der Waals surface area contributed by atoms with E-state index in [9.17, 15) is 10.1 Å². The summed E-state index contributed by atoms with van der Waals surface area (Å²) >= 11 is 2.94.